The van der Waals surface area contributed by atoms with Gasteiger partial charge < -0.3 is 19.9 Å². The summed E-state index contributed by atoms with van der Waals surface area (Å²) in [7, 11) is 1.57. The van der Waals surface area contributed by atoms with Gasteiger partial charge in [-0.2, -0.15) is 13.2 Å². The van der Waals surface area contributed by atoms with E-state index < -0.39 is 23.7 Å². The van der Waals surface area contributed by atoms with E-state index in [0.29, 0.717) is 23.3 Å². The first kappa shape index (κ1) is 27.8. The lowest BCUT2D eigenvalue weighted by Gasteiger charge is -2.15. The van der Waals surface area contributed by atoms with Crippen LogP contribution in [0.1, 0.15) is 29.9 Å². The lowest BCUT2D eigenvalue weighted by Crippen LogP contribution is -2.30. The summed E-state index contributed by atoms with van der Waals surface area (Å²) < 4.78 is 45.5. The molecule has 2 aromatic carbocycles. The number of hydrogen-bond acceptors (Lipinski definition) is 6. The molecule has 3 rings (SSSR count). The molecule has 0 unspecified atom stereocenters. The van der Waals surface area contributed by atoms with Crippen molar-refractivity contribution in [3.05, 3.63) is 78.1 Å². The first-order valence-corrected chi connectivity index (χ1v) is 12.2. The summed E-state index contributed by atoms with van der Waals surface area (Å²) in [6.45, 7) is 5.83. The topological polar surface area (TPSA) is 98.1 Å². The van der Waals surface area contributed by atoms with E-state index in [-0.39, 0.29) is 23.8 Å². The van der Waals surface area contributed by atoms with Crippen molar-refractivity contribution in [1.82, 2.24) is 20.1 Å². The Labute approximate surface area is 216 Å². The number of rotatable bonds is 11. The molecule has 0 saturated carbocycles. The van der Waals surface area contributed by atoms with Crippen LogP contribution < -0.4 is 15.4 Å². The van der Waals surface area contributed by atoms with Crippen LogP contribution in [0.15, 0.2) is 66.3 Å². The number of amides is 2. The molecule has 37 heavy (non-hydrogen) atoms. The summed E-state index contributed by atoms with van der Waals surface area (Å²) >= 11 is 1.07. The Morgan fingerprint density at radius 2 is 1.89 bits per heavy atom. The number of carbonyl (C=O) groups is 2. The van der Waals surface area contributed by atoms with Crippen molar-refractivity contribution in [2.24, 2.45) is 0 Å². The summed E-state index contributed by atoms with van der Waals surface area (Å²) in [6, 6.07) is 11.1. The van der Waals surface area contributed by atoms with Gasteiger partial charge in [0.15, 0.2) is 11.0 Å². The highest BCUT2D eigenvalue weighted by Gasteiger charge is 2.30. The number of nitrogens with one attached hydrogen (secondary N) is 2. The van der Waals surface area contributed by atoms with Crippen molar-refractivity contribution in [2.45, 2.75) is 37.3 Å². The van der Waals surface area contributed by atoms with Crippen molar-refractivity contribution >= 4 is 29.3 Å². The van der Waals surface area contributed by atoms with Crippen molar-refractivity contribution in [1.29, 1.82) is 0 Å². The second-order valence-corrected chi connectivity index (χ2v) is 8.91. The van der Waals surface area contributed by atoms with Crippen LogP contribution in [-0.4, -0.2) is 39.4 Å². The first-order chi connectivity index (χ1) is 17.6. The van der Waals surface area contributed by atoms with Crippen molar-refractivity contribution < 1.29 is 27.5 Å². The van der Waals surface area contributed by atoms with Gasteiger partial charge in [-0.25, -0.2) is 0 Å². The van der Waals surface area contributed by atoms with E-state index in [1.54, 1.807) is 36.8 Å². The Bertz CT molecular complexity index is 1250. The van der Waals surface area contributed by atoms with Gasteiger partial charge in [-0.3, -0.25) is 9.59 Å². The lowest BCUT2D eigenvalue weighted by atomic mass is 10.1. The van der Waals surface area contributed by atoms with Crippen LogP contribution in [0.25, 0.3) is 0 Å². The van der Waals surface area contributed by atoms with Crippen LogP contribution >= 0.6 is 11.8 Å². The Hall–Kier alpha value is -3.80. The van der Waals surface area contributed by atoms with Crippen LogP contribution in [0.3, 0.4) is 0 Å². The quantitative estimate of drug-likeness (QED) is 0.275. The van der Waals surface area contributed by atoms with Crippen LogP contribution in [-0.2, 0) is 28.7 Å². The van der Waals surface area contributed by atoms with E-state index in [4.69, 9.17) is 4.74 Å². The van der Waals surface area contributed by atoms with Crippen LogP contribution in [0.5, 0.6) is 5.75 Å². The van der Waals surface area contributed by atoms with Crippen LogP contribution in [0, 0.1) is 0 Å². The van der Waals surface area contributed by atoms with Crippen molar-refractivity contribution in [3.63, 3.8) is 0 Å². The Morgan fingerprint density at radius 3 is 2.54 bits per heavy atom. The number of ether oxygens (including phenoxy) is 1. The third-order valence-corrected chi connectivity index (χ3v) is 6.12. The van der Waals surface area contributed by atoms with Gasteiger partial charge in [-0.15, -0.1) is 16.8 Å². The largest absolute Gasteiger partial charge is 0.497 e. The number of alkyl halides is 3. The molecule has 1 heterocycles. The van der Waals surface area contributed by atoms with Gasteiger partial charge in [0.05, 0.1) is 30.9 Å². The molecule has 0 aliphatic carbocycles. The van der Waals surface area contributed by atoms with Crippen LogP contribution in [0.4, 0.5) is 18.9 Å². The molecule has 3 aromatic rings. The van der Waals surface area contributed by atoms with Gasteiger partial charge in [0.1, 0.15) is 5.75 Å². The predicted molar refractivity (Wildman–Crippen MR) is 134 cm³/mol. The average Bonchev–Trinajstić information content (AvgIpc) is 3.25. The monoisotopic (exact) mass is 533 g/mol. The number of aromatic nitrogens is 3. The lowest BCUT2D eigenvalue weighted by molar-refractivity contribution is -0.137. The number of anilines is 1. The molecule has 0 fully saturated rings. The maximum Gasteiger partial charge on any atom is 0.416 e. The number of benzene rings is 2. The molecular formula is C25H26F3N5O3S. The highest BCUT2D eigenvalue weighted by molar-refractivity contribution is 7.99. The number of nitrogens with zero attached hydrogens (tertiary/aromatic N) is 3. The zero-order valence-electron chi connectivity index (χ0n) is 20.2. The third-order valence-electron chi connectivity index (χ3n) is 5.15. The second-order valence-electron chi connectivity index (χ2n) is 7.97. The molecule has 12 heteroatoms. The molecular weight excluding hydrogens is 507 g/mol. The molecule has 0 bridgehead atoms. The van der Waals surface area contributed by atoms with E-state index in [2.05, 4.69) is 27.4 Å². The molecule has 0 aliphatic heterocycles. The third kappa shape index (κ3) is 7.84. The number of thioether (sulfide) groups is 1. The summed E-state index contributed by atoms with van der Waals surface area (Å²) in [5.41, 5.74) is 0.0132. The van der Waals surface area contributed by atoms with E-state index in [0.717, 1.165) is 29.5 Å². The number of methoxy groups -OCH3 is 1. The molecule has 196 valence electrons. The highest BCUT2D eigenvalue weighted by atomic mass is 32.2. The van der Waals surface area contributed by atoms with E-state index >= 15 is 0 Å². The maximum atomic E-state index is 12.9. The van der Waals surface area contributed by atoms with Crippen molar-refractivity contribution in [2.75, 3.05) is 18.2 Å². The Kier molecular flexibility index (Phi) is 9.34. The zero-order chi connectivity index (χ0) is 27.0. The minimum absolute atomic E-state index is 0.0434. The fraction of sp³-hybridized carbons (Fsp3) is 0.280. The van der Waals surface area contributed by atoms with E-state index in [9.17, 15) is 22.8 Å². The smallest absolute Gasteiger partial charge is 0.416 e. The van der Waals surface area contributed by atoms with Gasteiger partial charge in [-0.05, 0) is 42.8 Å². The minimum atomic E-state index is -4.51. The summed E-state index contributed by atoms with van der Waals surface area (Å²) in [5.74, 6) is 0.358. The molecule has 0 saturated heterocycles. The van der Waals surface area contributed by atoms with Gasteiger partial charge in [-0.1, -0.05) is 36.0 Å². The Morgan fingerprint density at radius 1 is 1.16 bits per heavy atom. The predicted octanol–water partition coefficient (Wildman–Crippen LogP) is 4.64. The summed E-state index contributed by atoms with van der Waals surface area (Å²) in [4.78, 5) is 24.9. The van der Waals surface area contributed by atoms with Crippen LogP contribution in [0.2, 0.25) is 0 Å². The minimum Gasteiger partial charge on any atom is -0.497 e. The van der Waals surface area contributed by atoms with Gasteiger partial charge in [0.2, 0.25) is 11.8 Å². The summed E-state index contributed by atoms with van der Waals surface area (Å²) in [5, 5.41) is 14.1. The number of hydrogen-bond donors (Lipinski definition) is 2. The molecule has 8 nitrogen and oxygen atoms in total. The normalized spacial score (nSPS) is 12.0. The number of allylic oxidation sites excluding steroid dienone is 1. The fourth-order valence-electron chi connectivity index (χ4n) is 3.41. The number of halogens is 3. The molecule has 2 amide bonds. The molecule has 0 spiro atoms. The standard InChI is InChI=1S/C25H26F3N5O3S/c1-4-12-33-23(16(2)29-21(34)13-17-8-10-20(36-3)11-9-17)31-32-24(33)37-15-22(35)30-19-7-5-6-18(14-19)25(26,27)28/h4-11,14,16H,1,12-13,15H2,2-3H3,(H,29,34)(H,30,35)/t16-/m1/s1. The second kappa shape index (κ2) is 12.4. The van der Waals surface area contributed by atoms with Crippen molar-refractivity contribution in [3.8, 4) is 5.75 Å². The fourth-order valence-corrected chi connectivity index (χ4v) is 4.17. The Balaban J connectivity index is 1.61. The van der Waals surface area contributed by atoms with E-state index in [1.807, 2.05) is 12.1 Å². The summed E-state index contributed by atoms with van der Waals surface area (Å²) in [6.07, 6.45) is -2.71. The molecule has 0 radical (unpaired) electrons. The maximum absolute atomic E-state index is 12.9. The van der Waals surface area contributed by atoms with Gasteiger partial charge in [0, 0.05) is 12.2 Å². The van der Waals surface area contributed by atoms with E-state index in [1.165, 1.54) is 12.1 Å². The number of carbonyl (C=O) groups excluding carboxylic acids is 2. The molecule has 0 aliphatic rings. The molecule has 1 aromatic heterocycles. The SMILES string of the molecule is C=CCn1c(SCC(=O)Nc2cccc(C(F)(F)F)c2)nnc1[C@@H](C)NC(=O)Cc1ccc(OC)cc1. The molecule has 2 N–H and O–H groups in total. The van der Waals surface area contributed by atoms with Gasteiger partial charge >= 0.3 is 6.18 Å². The molecule has 1 atom stereocenters. The first-order valence-electron chi connectivity index (χ1n) is 11.2. The van der Waals surface area contributed by atoms with Gasteiger partial charge in [0.25, 0.3) is 0 Å². The highest BCUT2D eigenvalue weighted by Crippen LogP contribution is 2.30. The average molecular weight is 534 g/mol. The zero-order valence-corrected chi connectivity index (χ0v) is 21.0.